The van der Waals surface area contributed by atoms with Crippen molar-refractivity contribution < 1.29 is 13.5 Å². The summed E-state index contributed by atoms with van der Waals surface area (Å²) in [5.41, 5.74) is -0.234. The number of benzene rings is 1. The SMILES string of the molecule is Fc1cccc(F)c1NC(=S)NCC1CCCO1. The van der Waals surface area contributed by atoms with E-state index in [4.69, 9.17) is 17.0 Å². The molecule has 1 saturated heterocycles. The van der Waals surface area contributed by atoms with Crippen LogP contribution < -0.4 is 10.6 Å². The third kappa shape index (κ3) is 3.36. The number of ether oxygens (including phenoxy) is 1. The molecule has 0 radical (unpaired) electrons. The van der Waals surface area contributed by atoms with Gasteiger partial charge < -0.3 is 15.4 Å². The first-order valence-corrected chi connectivity index (χ1v) is 6.18. The minimum atomic E-state index is -0.670. The van der Waals surface area contributed by atoms with Gasteiger partial charge in [-0.25, -0.2) is 8.78 Å². The van der Waals surface area contributed by atoms with Gasteiger partial charge in [-0.2, -0.15) is 0 Å². The molecule has 0 saturated carbocycles. The van der Waals surface area contributed by atoms with Crippen LogP contribution in [0.2, 0.25) is 0 Å². The van der Waals surface area contributed by atoms with Crippen LogP contribution in [0.4, 0.5) is 14.5 Å². The van der Waals surface area contributed by atoms with Crippen LogP contribution in [0, 0.1) is 11.6 Å². The fourth-order valence-electron chi connectivity index (χ4n) is 1.79. The molecule has 0 aliphatic carbocycles. The number of halogens is 2. The maximum absolute atomic E-state index is 13.3. The predicted octanol–water partition coefficient (Wildman–Crippen LogP) is 2.43. The average Bonchev–Trinajstić information content (AvgIpc) is 2.84. The van der Waals surface area contributed by atoms with E-state index in [2.05, 4.69) is 10.6 Å². The van der Waals surface area contributed by atoms with Gasteiger partial charge in [0.15, 0.2) is 5.11 Å². The zero-order chi connectivity index (χ0) is 13.0. The van der Waals surface area contributed by atoms with E-state index in [1.165, 1.54) is 18.2 Å². The molecule has 98 valence electrons. The predicted molar refractivity (Wildman–Crippen MR) is 69.6 cm³/mol. The molecule has 0 aromatic heterocycles. The van der Waals surface area contributed by atoms with Crippen LogP contribution in [-0.2, 0) is 4.74 Å². The maximum Gasteiger partial charge on any atom is 0.171 e. The molecule has 0 bridgehead atoms. The molecule has 1 aliphatic rings. The highest BCUT2D eigenvalue weighted by molar-refractivity contribution is 7.80. The van der Waals surface area contributed by atoms with E-state index in [0.717, 1.165) is 19.4 Å². The molecule has 1 aliphatic heterocycles. The Labute approximate surface area is 110 Å². The fourth-order valence-corrected chi connectivity index (χ4v) is 1.97. The molecule has 6 heteroatoms. The molecule has 2 rings (SSSR count). The third-order valence-corrected chi connectivity index (χ3v) is 2.96. The molecule has 1 atom stereocenters. The molecule has 3 nitrogen and oxygen atoms in total. The summed E-state index contributed by atoms with van der Waals surface area (Å²) in [4.78, 5) is 0. The number of hydrogen-bond acceptors (Lipinski definition) is 2. The normalized spacial score (nSPS) is 18.7. The molecular formula is C12H14F2N2OS. The van der Waals surface area contributed by atoms with Crippen molar-refractivity contribution in [3.8, 4) is 0 Å². The van der Waals surface area contributed by atoms with E-state index in [-0.39, 0.29) is 16.9 Å². The van der Waals surface area contributed by atoms with E-state index in [9.17, 15) is 8.78 Å². The van der Waals surface area contributed by atoms with Crippen LogP contribution in [0.25, 0.3) is 0 Å². The van der Waals surface area contributed by atoms with Gasteiger partial charge in [0.05, 0.1) is 6.10 Å². The highest BCUT2D eigenvalue weighted by Crippen LogP contribution is 2.17. The van der Waals surface area contributed by atoms with Gasteiger partial charge in [0, 0.05) is 13.2 Å². The quantitative estimate of drug-likeness (QED) is 0.828. The van der Waals surface area contributed by atoms with Crippen LogP contribution in [0.1, 0.15) is 12.8 Å². The van der Waals surface area contributed by atoms with Gasteiger partial charge in [-0.05, 0) is 37.2 Å². The summed E-state index contributed by atoms with van der Waals surface area (Å²) in [6.45, 7) is 1.30. The molecule has 2 N–H and O–H groups in total. The number of nitrogens with one attached hydrogen (secondary N) is 2. The van der Waals surface area contributed by atoms with Crippen LogP contribution in [0.15, 0.2) is 18.2 Å². The second-order valence-corrected chi connectivity index (χ2v) is 4.47. The van der Waals surface area contributed by atoms with Crippen LogP contribution in [-0.4, -0.2) is 24.4 Å². The minimum Gasteiger partial charge on any atom is -0.376 e. The Morgan fingerprint density at radius 2 is 2.11 bits per heavy atom. The molecular weight excluding hydrogens is 258 g/mol. The van der Waals surface area contributed by atoms with Gasteiger partial charge in [0.1, 0.15) is 17.3 Å². The zero-order valence-corrected chi connectivity index (χ0v) is 10.5. The second-order valence-electron chi connectivity index (χ2n) is 4.07. The monoisotopic (exact) mass is 272 g/mol. The van der Waals surface area contributed by atoms with Crippen molar-refractivity contribution in [2.75, 3.05) is 18.5 Å². The van der Waals surface area contributed by atoms with Gasteiger partial charge in [0.25, 0.3) is 0 Å². The van der Waals surface area contributed by atoms with E-state index >= 15 is 0 Å². The fraction of sp³-hybridized carbons (Fsp3) is 0.417. The van der Waals surface area contributed by atoms with E-state index in [0.29, 0.717) is 6.54 Å². The first-order chi connectivity index (χ1) is 8.66. The van der Waals surface area contributed by atoms with E-state index in [1.54, 1.807) is 0 Å². The standard InChI is InChI=1S/C12H14F2N2OS/c13-9-4-1-5-10(14)11(9)16-12(18)15-7-8-3-2-6-17-8/h1,4-5,8H,2-3,6-7H2,(H2,15,16,18). The Kier molecular flexibility index (Phi) is 4.43. The smallest absolute Gasteiger partial charge is 0.171 e. The topological polar surface area (TPSA) is 33.3 Å². The minimum absolute atomic E-state index is 0.121. The van der Waals surface area contributed by atoms with Crippen molar-refractivity contribution in [1.29, 1.82) is 0 Å². The van der Waals surface area contributed by atoms with Crippen molar-refractivity contribution in [2.45, 2.75) is 18.9 Å². The highest BCUT2D eigenvalue weighted by atomic mass is 32.1. The Bertz CT molecular complexity index is 416. The lowest BCUT2D eigenvalue weighted by atomic mass is 10.2. The number of rotatable bonds is 3. The molecule has 0 amide bonds. The summed E-state index contributed by atoms with van der Waals surface area (Å²) < 4.78 is 32.1. The van der Waals surface area contributed by atoms with Crippen LogP contribution in [0.5, 0.6) is 0 Å². The molecule has 1 heterocycles. The Morgan fingerprint density at radius 3 is 2.72 bits per heavy atom. The molecule has 1 fully saturated rings. The summed E-state index contributed by atoms with van der Waals surface area (Å²) in [6, 6.07) is 3.65. The highest BCUT2D eigenvalue weighted by Gasteiger charge is 2.16. The van der Waals surface area contributed by atoms with Crippen LogP contribution >= 0.6 is 12.2 Å². The summed E-state index contributed by atoms with van der Waals surface area (Å²) in [7, 11) is 0. The molecule has 0 spiro atoms. The molecule has 1 aromatic rings. The van der Waals surface area contributed by atoms with Crippen molar-refractivity contribution in [2.24, 2.45) is 0 Å². The first-order valence-electron chi connectivity index (χ1n) is 5.77. The largest absolute Gasteiger partial charge is 0.376 e. The van der Waals surface area contributed by atoms with Gasteiger partial charge in [-0.15, -0.1) is 0 Å². The lowest BCUT2D eigenvalue weighted by Crippen LogP contribution is -2.35. The van der Waals surface area contributed by atoms with Gasteiger partial charge in [0.2, 0.25) is 0 Å². The zero-order valence-electron chi connectivity index (χ0n) is 9.71. The van der Waals surface area contributed by atoms with Gasteiger partial charge in [-0.3, -0.25) is 0 Å². The van der Waals surface area contributed by atoms with Crippen molar-refractivity contribution in [3.63, 3.8) is 0 Å². The molecule has 1 aromatic carbocycles. The number of thiocarbonyl (C=S) groups is 1. The van der Waals surface area contributed by atoms with Crippen LogP contribution in [0.3, 0.4) is 0 Å². The van der Waals surface area contributed by atoms with Crippen molar-refractivity contribution >= 4 is 23.0 Å². The summed E-state index contributed by atoms with van der Waals surface area (Å²) in [5.74, 6) is -1.34. The first kappa shape index (κ1) is 13.2. The Hall–Kier alpha value is -1.27. The lowest BCUT2D eigenvalue weighted by molar-refractivity contribution is 0.114. The summed E-state index contributed by atoms with van der Waals surface area (Å²) in [5, 5.41) is 5.60. The van der Waals surface area contributed by atoms with E-state index < -0.39 is 11.6 Å². The van der Waals surface area contributed by atoms with E-state index in [1.807, 2.05) is 0 Å². The summed E-state index contributed by atoms with van der Waals surface area (Å²) >= 11 is 4.98. The number of para-hydroxylation sites is 1. The Morgan fingerprint density at radius 1 is 1.39 bits per heavy atom. The number of anilines is 1. The second kappa shape index (κ2) is 6.06. The van der Waals surface area contributed by atoms with Crippen molar-refractivity contribution in [1.82, 2.24) is 5.32 Å². The third-order valence-electron chi connectivity index (χ3n) is 2.72. The maximum atomic E-state index is 13.3. The lowest BCUT2D eigenvalue weighted by Gasteiger charge is -2.14. The summed E-state index contributed by atoms with van der Waals surface area (Å²) in [6.07, 6.45) is 2.13. The van der Waals surface area contributed by atoms with Gasteiger partial charge >= 0.3 is 0 Å². The van der Waals surface area contributed by atoms with Gasteiger partial charge in [-0.1, -0.05) is 6.07 Å². The number of hydrogen-bond donors (Lipinski definition) is 2. The molecule has 1 unspecified atom stereocenters. The Balaban J connectivity index is 1.86. The molecule has 18 heavy (non-hydrogen) atoms. The average molecular weight is 272 g/mol. The van der Waals surface area contributed by atoms with Crippen molar-refractivity contribution in [3.05, 3.63) is 29.8 Å².